The van der Waals surface area contributed by atoms with Crippen LogP contribution in [-0.2, 0) is 9.53 Å². The summed E-state index contributed by atoms with van der Waals surface area (Å²) >= 11 is 0. The van der Waals surface area contributed by atoms with Crippen molar-refractivity contribution in [1.82, 2.24) is 10.2 Å². The first-order chi connectivity index (χ1) is 7.20. The molecule has 0 unspecified atom stereocenters. The van der Waals surface area contributed by atoms with E-state index in [1.165, 1.54) is 6.42 Å². The van der Waals surface area contributed by atoms with Crippen molar-refractivity contribution in [2.45, 2.75) is 43.2 Å². The number of nitrogens with zero attached hydrogens (tertiary/aromatic N) is 1. The molecule has 0 atom stereocenters. The van der Waals surface area contributed by atoms with Gasteiger partial charge in [0.05, 0.1) is 24.4 Å². The van der Waals surface area contributed by atoms with E-state index in [2.05, 4.69) is 5.32 Å². The van der Waals surface area contributed by atoms with E-state index >= 15 is 0 Å². The molecular formula is C11H18N2O2. The Morgan fingerprint density at radius 1 is 1.40 bits per heavy atom. The van der Waals surface area contributed by atoms with E-state index in [1.807, 2.05) is 4.90 Å². The Balaban J connectivity index is 1.66. The average Bonchev–Trinajstić information content (AvgIpc) is 2.90. The Bertz CT molecular complexity index is 289. The predicted molar refractivity (Wildman–Crippen MR) is 55.3 cm³/mol. The lowest BCUT2D eigenvalue weighted by Crippen LogP contribution is -2.50. The van der Waals surface area contributed by atoms with Gasteiger partial charge in [-0.25, -0.2) is 0 Å². The highest BCUT2D eigenvalue weighted by molar-refractivity contribution is 5.91. The highest BCUT2D eigenvalue weighted by atomic mass is 16.5. The lowest BCUT2D eigenvalue weighted by molar-refractivity contribution is -0.138. The van der Waals surface area contributed by atoms with E-state index in [9.17, 15) is 4.79 Å². The maximum atomic E-state index is 12.0. The van der Waals surface area contributed by atoms with Crippen molar-refractivity contribution in [3.8, 4) is 0 Å². The molecule has 1 amide bonds. The molecule has 3 aliphatic rings. The highest BCUT2D eigenvalue weighted by Gasteiger charge is 2.56. The highest BCUT2D eigenvalue weighted by Crippen LogP contribution is 2.42. The summed E-state index contributed by atoms with van der Waals surface area (Å²) in [4.78, 5) is 14.0. The number of amides is 1. The van der Waals surface area contributed by atoms with Gasteiger partial charge in [-0.2, -0.15) is 0 Å². The van der Waals surface area contributed by atoms with Crippen LogP contribution in [0.1, 0.15) is 32.1 Å². The lowest BCUT2D eigenvalue weighted by Gasteiger charge is -2.42. The van der Waals surface area contributed by atoms with E-state index in [0.717, 1.165) is 32.2 Å². The normalized spacial score (nSPS) is 30.7. The van der Waals surface area contributed by atoms with Gasteiger partial charge in [-0.3, -0.25) is 10.1 Å². The molecule has 4 nitrogen and oxygen atoms in total. The molecule has 1 heterocycles. The van der Waals surface area contributed by atoms with Gasteiger partial charge >= 0.3 is 0 Å². The number of hydrogen-bond acceptors (Lipinski definition) is 3. The van der Waals surface area contributed by atoms with Gasteiger partial charge in [-0.1, -0.05) is 0 Å². The molecule has 1 spiro atoms. The Hall–Kier alpha value is -0.610. The third-order valence-corrected chi connectivity index (χ3v) is 4.23. The van der Waals surface area contributed by atoms with Crippen LogP contribution < -0.4 is 5.32 Å². The SMILES string of the molecule is COC1(CN2CNC3(CC3)C2=O)CCC1. The third kappa shape index (κ3) is 1.31. The summed E-state index contributed by atoms with van der Waals surface area (Å²) in [5, 5.41) is 3.32. The predicted octanol–water partition coefficient (Wildman–Crippen LogP) is 0.477. The van der Waals surface area contributed by atoms with Crippen molar-refractivity contribution < 1.29 is 9.53 Å². The van der Waals surface area contributed by atoms with Crippen LogP contribution in [0, 0.1) is 0 Å². The second-order valence-electron chi connectivity index (χ2n) is 5.16. The van der Waals surface area contributed by atoms with E-state index in [1.54, 1.807) is 7.11 Å². The minimum atomic E-state index is -0.154. The first-order valence-corrected chi connectivity index (χ1v) is 5.79. The Kier molecular flexibility index (Phi) is 1.89. The van der Waals surface area contributed by atoms with Gasteiger partial charge in [0, 0.05) is 7.11 Å². The van der Waals surface area contributed by atoms with Crippen LogP contribution >= 0.6 is 0 Å². The smallest absolute Gasteiger partial charge is 0.244 e. The molecular weight excluding hydrogens is 192 g/mol. The zero-order chi connectivity index (χ0) is 10.5. The molecule has 1 saturated heterocycles. The summed E-state index contributed by atoms with van der Waals surface area (Å²) in [7, 11) is 1.76. The molecule has 0 aromatic carbocycles. The van der Waals surface area contributed by atoms with Crippen LogP contribution in [0.25, 0.3) is 0 Å². The van der Waals surface area contributed by atoms with Crippen LogP contribution in [0.15, 0.2) is 0 Å². The summed E-state index contributed by atoms with van der Waals surface area (Å²) in [5.41, 5.74) is -0.184. The summed E-state index contributed by atoms with van der Waals surface area (Å²) < 4.78 is 5.55. The number of rotatable bonds is 3. The van der Waals surface area contributed by atoms with Crippen molar-refractivity contribution in [3.63, 3.8) is 0 Å². The van der Waals surface area contributed by atoms with Gasteiger partial charge in [0.2, 0.25) is 5.91 Å². The molecule has 0 aromatic heterocycles. The molecule has 0 bridgehead atoms. The van der Waals surface area contributed by atoms with E-state index in [4.69, 9.17) is 4.74 Å². The number of hydrogen-bond donors (Lipinski definition) is 1. The summed E-state index contributed by atoms with van der Waals surface area (Å²) in [6.07, 6.45) is 5.46. The second-order valence-corrected chi connectivity index (χ2v) is 5.16. The standard InChI is InChI=1S/C11H18N2O2/c1-15-10(3-2-4-10)7-13-8-12-11(5-6-11)9(13)14/h12H,2-8H2,1H3. The molecule has 0 aromatic rings. The van der Waals surface area contributed by atoms with Crippen LogP contribution in [-0.4, -0.2) is 42.3 Å². The number of carbonyl (C=O) groups excluding carboxylic acids is 1. The average molecular weight is 210 g/mol. The number of nitrogens with one attached hydrogen (secondary N) is 1. The van der Waals surface area contributed by atoms with Gasteiger partial charge in [-0.15, -0.1) is 0 Å². The fourth-order valence-corrected chi connectivity index (χ4v) is 2.69. The van der Waals surface area contributed by atoms with Crippen molar-refractivity contribution in [1.29, 1.82) is 0 Å². The van der Waals surface area contributed by atoms with E-state index in [0.29, 0.717) is 12.6 Å². The van der Waals surface area contributed by atoms with Crippen LogP contribution in [0.2, 0.25) is 0 Å². The largest absolute Gasteiger partial charge is 0.376 e. The van der Waals surface area contributed by atoms with E-state index in [-0.39, 0.29) is 11.1 Å². The maximum Gasteiger partial charge on any atom is 0.244 e. The summed E-state index contributed by atoms with van der Waals surface area (Å²) in [5.74, 6) is 0.297. The quantitative estimate of drug-likeness (QED) is 0.736. The Morgan fingerprint density at radius 2 is 2.13 bits per heavy atom. The van der Waals surface area contributed by atoms with Gasteiger partial charge < -0.3 is 9.64 Å². The fourth-order valence-electron chi connectivity index (χ4n) is 2.69. The summed E-state index contributed by atoms with van der Waals surface area (Å²) in [6, 6.07) is 0. The molecule has 3 rings (SSSR count). The maximum absolute atomic E-state index is 12.0. The molecule has 2 saturated carbocycles. The van der Waals surface area contributed by atoms with Crippen molar-refractivity contribution in [2.75, 3.05) is 20.3 Å². The summed E-state index contributed by atoms with van der Waals surface area (Å²) in [6.45, 7) is 1.49. The molecule has 2 aliphatic carbocycles. The zero-order valence-corrected chi connectivity index (χ0v) is 9.21. The molecule has 0 radical (unpaired) electrons. The van der Waals surface area contributed by atoms with E-state index < -0.39 is 0 Å². The van der Waals surface area contributed by atoms with Gasteiger partial charge in [0.25, 0.3) is 0 Å². The van der Waals surface area contributed by atoms with Crippen molar-refractivity contribution in [3.05, 3.63) is 0 Å². The molecule has 84 valence electrons. The molecule has 15 heavy (non-hydrogen) atoms. The van der Waals surface area contributed by atoms with Crippen molar-refractivity contribution in [2.24, 2.45) is 0 Å². The number of ether oxygens (including phenoxy) is 1. The van der Waals surface area contributed by atoms with Crippen LogP contribution in [0.5, 0.6) is 0 Å². The minimum absolute atomic E-state index is 0.0300. The fraction of sp³-hybridized carbons (Fsp3) is 0.909. The molecule has 3 fully saturated rings. The zero-order valence-electron chi connectivity index (χ0n) is 9.21. The van der Waals surface area contributed by atoms with Gasteiger partial charge in [0.1, 0.15) is 0 Å². The molecule has 4 heteroatoms. The second kappa shape index (κ2) is 2.95. The minimum Gasteiger partial charge on any atom is -0.376 e. The van der Waals surface area contributed by atoms with Crippen molar-refractivity contribution >= 4 is 5.91 Å². The van der Waals surface area contributed by atoms with Crippen LogP contribution in [0.4, 0.5) is 0 Å². The first kappa shape index (κ1) is 9.60. The lowest BCUT2D eigenvalue weighted by atomic mass is 9.79. The van der Waals surface area contributed by atoms with Crippen LogP contribution in [0.3, 0.4) is 0 Å². The third-order valence-electron chi connectivity index (χ3n) is 4.23. The number of carbonyl (C=O) groups is 1. The molecule has 1 N–H and O–H groups in total. The number of methoxy groups -OCH3 is 1. The molecule has 1 aliphatic heterocycles. The van der Waals surface area contributed by atoms with Gasteiger partial charge in [-0.05, 0) is 32.1 Å². The topological polar surface area (TPSA) is 41.6 Å². The monoisotopic (exact) mass is 210 g/mol. The Morgan fingerprint density at radius 3 is 2.53 bits per heavy atom. The van der Waals surface area contributed by atoms with Gasteiger partial charge in [0.15, 0.2) is 0 Å². The Labute approximate surface area is 90.0 Å². The first-order valence-electron chi connectivity index (χ1n) is 5.79.